The number of hydrazine groups is 1. The van der Waals surface area contributed by atoms with E-state index in [1.165, 1.54) is 0 Å². The molecule has 2 N–H and O–H groups in total. The highest BCUT2D eigenvalue weighted by Gasteiger charge is 2.05. The van der Waals surface area contributed by atoms with Crippen molar-refractivity contribution in [2.24, 2.45) is 0 Å². The number of carbonyl (C=O) groups is 1. The summed E-state index contributed by atoms with van der Waals surface area (Å²) in [5.41, 5.74) is 5.21. The number of hydrogen-bond acceptors (Lipinski definition) is 2. The zero-order valence-corrected chi connectivity index (χ0v) is 9.02. The third kappa shape index (κ3) is 3.94. The molecular weight excluding hydrogens is 214 g/mol. The summed E-state index contributed by atoms with van der Waals surface area (Å²) >= 11 is 0. The Hall–Kier alpha value is -1.49. The standard InChI is InChI=1S/C11H14F2N2O/c1-14-15-11(16)4-2-3-8-7-9(12)5-6-10(8)13/h5-7,14H,2-4H2,1H3,(H,15,16). The van der Waals surface area contributed by atoms with E-state index in [-0.39, 0.29) is 12.3 Å². The van der Waals surface area contributed by atoms with E-state index in [0.717, 1.165) is 18.2 Å². The van der Waals surface area contributed by atoms with E-state index < -0.39 is 11.6 Å². The summed E-state index contributed by atoms with van der Waals surface area (Å²) in [5, 5.41) is 0. The number of rotatable bonds is 5. The van der Waals surface area contributed by atoms with E-state index in [1.807, 2.05) is 0 Å². The Bertz CT molecular complexity index is 369. The fraction of sp³-hybridized carbons (Fsp3) is 0.364. The van der Waals surface area contributed by atoms with Crippen LogP contribution in [-0.2, 0) is 11.2 Å². The number of carbonyl (C=O) groups excluding carboxylic acids is 1. The topological polar surface area (TPSA) is 41.1 Å². The predicted molar refractivity (Wildman–Crippen MR) is 56.5 cm³/mol. The largest absolute Gasteiger partial charge is 0.292 e. The zero-order chi connectivity index (χ0) is 12.0. The van der Waals surface area contributed by atoms with Crippen LogP contribution < -0.4 is 10.9 Å². The molecule has 0 radical (unpaired) electrons. The molecule has 0 saturated heterocycles. The van der Waals surface area contributed by atoms with Gasteiger partial charge in [-0.1, -0.05) is 0 Å². The van der Waals surface area contributed by atoms with E-state index in [1.54, 1.807) is 7.05 Å². The number of benzene rings is 1. The molecule has 0 saturated carbocycles. The second-order valence-corrected chi connectivity index (χ2v) is 3.39. The van der Waals surface area contributed by atoms with Gasteiger partial charge in [-0.25, -0.2) is 14.2 Å². The monoisotopic (exact) mass is 228 g/mol. The molecule has 88 valence electrons. The Morgan fingerprint density at radius 1 is 1.38 bits per heavy atom. The first-order valence-electron chi connectivity index (χ1n) is 5.03. The van der Waals surface area contributed by atoms with Gasteiger partial charge in [-0.15, -0.1) is 0 Å². The van der Waals surface area contributed by atoms with Crippen molar-refractivity contribution in [3.8, 4) is 0 Å². The molecule has 0 aliphatic rings. The normalized spacial score (nSPS) is 10.2. The molecule has 0 heterocycles. The molecule has 3 nitrogen and oxygen atoms in total. The first kappa shape index (κ1) is 12.6. The minimum atomic E-state index is -0.462. The van der Waals surface area contributed by atoms with Crippen LogP contribution in [-0.4, -0.2) is 13.0 Å². The van der Waals surface area contributed by atoms with Crippen LogP contribution in [0.1, 0.15) is 18.4 Å². The van der Waals surface area contributed by atoms with E-state index in [0.29, 0.717) is 18.4 Å². The molecule has 0 spiro atoms. The summed E-state index contributed by atoms with van der Waals surface area (Å²) in [6.45, 7) is 0. The number of halogens is 2. The van der Waals surface area contributed by atoms with Crippen LogP contribution in [0.25, 0.3) is 0 Å². The van der Waals surface area contributed by atoms with Crippen molar-refractivity contribution in [1.82, 2.24) is 10.9 Å². The minimum Gasteiger partial charge on any atom is -0.292 e. The van der Waals surface area contributed by atoms with Crippen LogP contribution >= 0.6 is 0 Å². The molecule has 0 aliphatic heterocycles. The fourth-order valence-electron chi connectivity index (χ4n) is 1.38. The van der Waals surface area contributed by atoms with Gasteiger partial charge in [0.25, 0.3) is 0 Å². The van der Waals surface area contributed by atoms with Gasteiger partial charge in [-0.05, 0) is 36.6 Å². The van der Waals surface area contributed by atoms with Crippen molar-refractivity contribution in [2.75, 3.05) is 7.05 Å². The molecule has 0 atom stereocenters. The zero-order valence-electron chi connectivity index (χ0n) is 9.02. The summed E-state index contributed by atoms with van der Waals surface area (Å²) in [4.78, 5) is 11.0. The van der Waals surface area contributed by atoms with Gasteiger partial charge < -0.3 is 0 Å². The number of nitrogens with one attached hydrogen (secondary N) is 2. The predicted octanol–water partition coefficient (Wildman–Crippen LogP) is 1.54. The smallest absolute Gasteiger partial charge is 0.234 e. The maximum atomic E-state index is 13.2. The van der Waals surface area contributed by atoms with Crippen molar-refractivity contribution in [3.63, 3.8) is 0 Å². The van der Waals surface area contributed by atoms with Crippen LogP contribution in [0.5, 0.6) is 0 Å². The average Bonchev–Trinajstić information content (AvgIpc) is 2.23. The van der Waals surface area contributed by atoms with E-state index in [2.05, 4.69) is 10.9 Å². The second kappa shape index (κ2) is 6.17. The highest BCUT2D eigenvalue weighted by Crippen LogP contribution is 2.12. The molecule has 5 heteroatoms. The van der Waals surface area contributed by atoms with Gasteiger partial charge in [0.1, 0.15) is 11.6 Å². The third-order valence-electron chi connectivity index (χ3n) is 2.12. The van der Waals surface area contributed by atoms with Crippen LogP contribution in [0.3, 0.4) is 0 Å². The molecule has 1 amide bonds. The van der Waals surface area contributed by atoms with Gasteiger partial charge in [0.15, 0.2) is 0 Å². The first-order valence-corrected chi connectivity index (χ1v) is 5.03. The Balaban J connectivity index is 2.42. The van der Waals surface area contributed by atoms with Crippen LogP contribution in [0.15, 0.2) is 18.2 Å². The molecule has 0 aliphatic carbocycles. The van der Waals surface area contributed by atoms with Crippen LogP contribution in [0.4, 0.5) is 8.78 Å². The lowest BCUT2D eigenvalue weighted by atomic mass is 10.1. The molecule has 16 heavy (non-hydrogen) atoms. The molecule has 0 aromatic heterocycles. The molecule has 0 fully saturated rings. The highest BCUT2D eigenvalue weighted by atomic mass is 19.1. The summed E-state index contributed by atoms with van der Waals surface area (Å²) in [7, 11) is 1.59. The van der Waals surface area contributed by atoms with Gasteiger partial charge in [-0.3, -0.25) is 10.2 Å². The average molecular weight is 228 g/mol. The third-order valence-corrected chi connectivity index (χ3v) is 2.12. The molecule has 0 unspecified atom stereocenters. The van der Waals surface area contributed by atoms with Crippen molar-refractivity contribution in [1.29, 1.82) is 0 Å². The summed E-state index contributed by atoms with van der Waals surface area (Å²) in [5.74, 6) is -1.06. The van der Waals surface area contributed by atoms with E-state index >= 15 is 0 Å². The lowest BCUT2D eigenvalue weighted by molar-refractivity contribution is -0.122. The number of amides is 1. The number of aryl methyl sites for hydroxylation is 1. The molecular formula is C11H14F2N2O. The van der Waals surface area contributed by atoms with Gasteiger partial charge >= 0.3 is 0 Å². The lowest BCUT2D eigenvalue weighted by Crippen LogP contribution is -2.33. The number of hydrogen-bond donors (Lipinski definition) is 2. The highest BCUT2D eigenvalue weighted by molar-refractivity contribution is 5.75. The Kier molecular flexibility index (Phi) is 4.85. The van der Waals surface area contributed by atoms with E-state index in [4.69, 9.17) is 0 Å². The minimum absolute atomic E-state index is 0.167. The van der Waals surface area contributed by atoms with Crippen molar-refractivity contribution in [3.05, 3.63) is 35.4 Å². The van der Waals surface area contributed by atoms with Crippen molar-refractivity contribution < 1.29 is 13.6 Å². The fourth-order valence-corrected chi connectivity index (χ4v) is 1.38. The summed E-state index contributed by atoms with van der Waals surface area (Å²) < 4.78 is 26.0. The van der Waals surface area contributed by atoms with Gasteiger partial charge in [0.05, 0.1) is 0 Å². The Morgan fingerprint density at radius 2 is 2.12 bits per heavy atom. The van der Waals surface area contributed by atoms with Crippen molar-refractivity contribution in [2.45, 2.75) is 19.3 Å². The molecule has 1 aromatic carbocycles. The van der Waals surface area contributed by atoms with Gasteiger partial charge in [-0.2, -0.15) is 0 Å². The molecule has 0 bridgehead atoms. The second-order valence-electron chi connectivity index (χ2n) is 3.39. The first-order chi connectivity index (χ1) is 7.63. The van der Waals surface area contributed by atoms with Crippen molar-refractivity contribution >= 4 is 5.91 Å². The molecule has 1 aromatic rings. The molecule has 1 rings (SSSR count). The van der Waals surface area contributed by atoms with Gasteiger partial charge in [0, 0.05) is 13.5 Å². The summed E-state index contributed by atoms with van der Waals surface area (Å²) in [6, 6.07) is 3.33. The lowest BCUT2D eigenvalue weighted by Gasteiger charge is -2.04. The van der Waals surface area contributed by atoms with E-state index in [9.17, 15) is 13.6 Å². The van der Waals surface area contributed by atoms with Gasteiger partial charge in [0.2, 0.25) is 5.91 Å². The van der Waals surface area contributed by atoms with Crippen LogP contribution in [0.2, 0.25) is 0 Å². The Labute approximate surface area is 92.8 Å². The maximum Gasteiger partial charge on any atom is 0.234 e. The quantitative estimate of drug-likeness (QED) is 0.750. The summed E-state index contributed by atoms with van der Waals surface area (Å²) in [6.07, 6.45) is 1.10. The maximum absolute atomic E-state index is 13.2. The van der Waals surface area contributed by atoms with Crippen LogP contribution in [0, 0.1) is 11.6 Å². The SMILES string of the molecule is CNNC(=O)CCCc1cc(F)ccc1F. The Morgan fingerprint density at radius 3 is 2.81 bits per heavy atom.